The summed E-state index contributed by atoms with van der Waals surface area (Å²) in [5, 5.41) is 13.1. The summed E-state index contributed by atoms with van der Waals surface area (Å²) in [7, 11) is 0. The Balaban J connectivity index is 1.47. The van der Waals surface area contributed by atoms with E-state index in [0.29, 0.717) is 27.2 Å². The maximum absolute atomic E-state index is 12.8. The molecule has 9 nitrogen and oxygen atoms in total. The Morgan fingerprint density at radius 1 is 1.17 bits per heavy atom. The Labute approximate surface area is 212 Å². The van der Waals surface area contributed by atoms with Crippen LogP contribution in [0.1, 0.15) is 16.9 Å². The largest absolute Gasteiger partial charge is 0.457 e. The number of non-ortho nitro benzene ring substituents is 1. The van der Waals surface area contributed by atoms with Gasteiger partial charge in [-0.1, -0.05) is 12.1 Å². The number of furan rings is 1. The van der Waals surface area contributed by atoms with Crippen LogP contribution >= 0.6 is 27.7 Å². The van der Waals surface area contributed by atoms with Gasteiger partial charge in [0.1, 0.15) is 18.1 Å². The van der Waals surface area contributed by atoms with Crippen LogP contribution < -0.4 is 5.32 Å². The summed E-state index contributed by atoms with van der Waals surface area (Å²) in [5.41, 5.74) is 2.98. The van der Waals surface area contributed by atoms with Crippen LogP contribution in [0.5, 0.6) is 0 Å². The minimum Gasteiger partial charge on any atom is -0.457 e. The highest BCUT2D eigenvalue weighted by molar-refractivity contribution is 9.10. The third-order valence-electron chi connectivity index (χ3n) is 5.17. The van der Waals surface area contributed by atoms with Crippen molar-refractivity contribution in [2.45, 2.75) is 13.8 Å². The zero-order chi connectivity index (χ0) is 25.3. The number of nitrogens with one attached hydrogen (secondary N) is 1. The number of imide groups is 1. The normalized spacial score (nSPS) is 14.6. The van der Waals surface area contributed by atoms with Gasteiger partial charge in [0.05, 0.1) is 9.83 Å². The van der Waals surface area contributed by atoms with Gasteiger partial charge in [0.25, 0.3) is 16.8 Å². The monoisotopic (exact) mass is 555 g/mol. The van der Waals surface area contributed by atoms with E-state index in [1.54, 1.807) is 18.2 Å². The van der Waals surface area contributed by atoms with E-state index in [0.717, 1.165) is 27.8 Å². The number of thioether (sulfide) groups is 1. The molecule has 0 radical (unpaired) electrons. The second kappa shape index (κ2) is 9.88. The molecule has 35 heavy (non-hydrogen) atoms. The lowest BCUT2D eigenvalue weighted by Crippen LogP contribution is -2.36. The van der Waals surface area contributed by atoms with Crippen molar-refractivity contribution in [3.8, 4) is 11.3 Å². The van der Waals surface area contributed by atoms with Gasteiger partial charge in [0, 0.05) is 33.9 Å². The van der Waals surface area contributed by atoms with Crippen LogP contribution in [0, 0.1) is 24.0 Å². The summed E-state index contributed by atoms with van der Waals surface area (Å²) in [6.07, 6.45) is 1.43. The number of benzene rings is 2. The van der Waals surface area contributed by atoms with E-state index in [4.69, 9.17) is 4.42 Å². The predicted octanol–water partition coefficient (Wildman–Crippen LogP) is 5.91. The van der Waals surface area contributed by atoms with Gasteiger partial charge in [-0.25, -0.2) is 0 Å². The fourth-order valence-electron chi connectivity index (χ4n) is 3.36. The van der Waals surface area contributed by atoms with Crippen molar-refractivity contribution in [3.63, 3.8) is 0 Å². The first-order valence-corrected chi connectivity index (χ1v) is 11.9. The molecule has 1 aromatic heterocycles. The van der Waals surface area contributed by atoms with Crippen molar-refractivity contribution in [2.75, 3.05) is 11.9 Å². The SMILES string of the molecule is Cc1ccc(C)c(NC(=O)CN2C(=O)S/C(=C/c3ccc(-c4ccc([N+](=O)[O-])cc4Br)o3)C2=O)c1. The first kappa shape index (κ1) is 24.4. The Hall–Kier alpha value is -3.70. The van der Waals surface area contributed by atoms with E-state index in [-0.39, 0.29) is 10.6 Å². The molecule has 1 aliphatic heterocycles. The topological polar surface area (TPSA) is 123 Å². The van der Waals surface area contributed by atoms with Crippen LogP contribution in [-0.4, -0.2) is 33.4 Å². The lowest BCUT2D eigenvalue weighted by atomic mass is 10.1. The van der Waals surface area contributed by atoms with Gasteiger partial charge in [0.2, 0.25) is 5.91 Å². The number of nitrogens with zero attached hydrogens (tertiary/aromatic N) is 2. The van der Waals surface area contributed by atoms with Crippen molar-refractivity contribution in [3.05, 3.63) is 84.9 Å². The number of nitro groups is 1. The van der Waals surface area contributed by atoms with E-state index in [9.17, 15) is 24.5 Å². The van der Waals surface area contributed by atoms with E-state index in [1.807, 2.05) is 32.0 Å². The van der Waals surface area contributed by atoms with Crippen LogP contribution in [0.25, 0.3) is 17.4 Å². The van der Waals surface area contributed by atoms with Crippen molar-refractivity contribution >= 4 is 62.2 Å². The Morgan fingerprint density at radius 3 is 2.66 bits per heavy atom. The highest BCUT2D eigenvalue weighted by Crippen LogP contribution is 2.35. The van der Waals surface area contributed by atoms with E-state index in [2.05, 4.69) is 21.2 Å². The summed E-state index contributed by atoms with van der Waals surface area (Å²) in [6, 6.07) is 13.2. The molecule has 0 aliphatic carbocycles. The molecule has 1 N–H and O–H groups in total. The molecule has 0 unspecified atom stereocenters. The highest BCUT2D eigenvalue weighted by atomic mass is 79.9. The molecule has 178 valence electrons. The number of rotatable bonds is 6. The van der Waals surface area contributed by atoms with Gasteiger partial charge in [-0.15, -0.1) is 0 Å². The molecule has 11 heteroatoms. The second-order valence-corrected chi connectivity index (χ2v) is 9.61. The molecule has 3 amide bonds. The molecule has 3 aromatic rings. The number of anilines is 1. The molecule has 4 rings (SSSR count). The highest BCUT2D eigenvalue weighted by Gasteiger charge is 2.36. The Kier molecular flexibility index (Phi) is 6.90. The van der Waals surface area contributed by atoms with Crippen molar-refractivity contribution in [2.24, 2.45) is 0 Å². The van der Waals surface area contributed by atoms with Gasteiger partial charge in [-0.05, 0) is 76.9 Å². The summed E-state index contributed by atoms with van der Waals surface area (Å²) in [6.45, 7) is 3.34. The quantitative estimate of drug-likeness (QED) is 0.228. The van der Waals surface area contributed by atoms with Crippen molar-refractivity contribution in [1.29, 1.82) is 0 Å². The molecule has 0 atom stereocenters. The fourth-order valence-corrected chi connectivity index (χ4v) is 4.74. The summed E-state index contributed by atoms with van der Waals surface area (Å²) < 4.78 is 6.24. The molecule has 1 fully saturated rings. The number of hydrogen-bond acceptors (Lipinski definition) is 7. The molecule has 0 bridgehead atoms. The Bertz CT molecular complexity index is 1410. The molecule has 0 spiro atoms. The number of carbonyl (C=O) groups excluding carboxylic acids is 3. The fraction of sp³-hybridized carbons (Fsp3) is 0.125. The van der Waals surface area contributed by atoms with Crippen LogP contribution in [-0.2, 0) is 9.59 Å². The van der Waals surface area contributed by atoms with Gasteiger partial charge >= 0.3 is 0 Å². The van der Waals surface area contributed by atoms with Crippen LogP contribution in [0.3, 0.4) is 0 Å². The van der Waals surface area contributed by atoms with Crippen LogP contribution in [0.15, 0.2) is 62.3 Å². The first-order chi connectivity index (χ1) is 16.6. The number of hydrogen-bond donors (Lipinski definition) is 1. The number of carbonyl (C=O) groups is 3. The molecule has 0 saturated carbocycles. The van der Waals surface area contributed by atoms with Gasteiger partial charge in [-0.3, -0.25) is 29.4 Å². The number of nitro benzene ring substituents is 1. The van der Waals surface area contributed by atoms with Crippen molar-refractivity contribution in [1.82, 2.24) is 4.90 Å². The smallest absolute Gasteiger partial charge is 0.294 e. The average Bonchev–Trinajstić information content (AvgIpc) is 3.36. The van der Waals surface area contributed by atoms with Crippen molar-refractivity contribution < 1.29 is 23.7 Å². The van der Waals surface area contributed by atoms with E-state index in [1.165, 1.54) is 18.2 Å². The molecular formula is C24H18BrN3O6S. The number of amides is 3. The average molecular weight is 556 g/mol. The van der Waals surface area contributed by atoms with Gasteiger partial charge in [0.15, 0.2) is 0 Å². The third-order valence-corrected chi connectivity index (χ3v) is 6.74. The molecule has 2 heterocycles. The van der Waals surface area contributed by atoms with Gasteiger partial charge in [-0.2, -0.15) is 0 Å². The maximum atomic E-state index is 12.8. The summed E-state index contributed by atoms with van der Waals surface area (Å²) in [4.78, 5) is 49.1. The zero-order valence-electron chi connectivity index (χ0n) is 18.5. The lowest BCUT2D eigenvalue weighted by Gasteiger charge is -2.14. The molecule has 1 aliphatic rings. The molecule has 1 saturated heterocycles. The van der Waals surface area contributed by atoms with E-state index >= 15 is 0 Å². The maximum Gasteiger partial charge on any atom is 0.294 e. The predicted molar refractivity (Wildman–Crippen MR) is 136 cm³/mol. The van der Waals surface area contributed by atoms with Crippen LogP contribution in [0.4, 0.5) is 16.2 Å². The standard InChI is InChI=1S/C24H18BrN3O6S/c1-13-3-4-14(2)19(9-13)26-22(29)12-27-23(30)21(35-24(27)31)11-16-6-8-20(34-16)17-7-5-15(28(32)33)10-18(17)25/h3-11H,12H2,1-2H3,(H,26,29)/b21-11+. The zero-order valence-corrected chi connectivity index (χ0v) is 20.9. The molecule has 2 aromatic carbocycles. The second-order valence-electron chi connectivity index (χ2n) is 7.76. The minimum absolute atomic E-state index is 0.0670. The third kappa shape index (κ3) is 5.36. The van der Waals surface area contributed by atoms with Crippen LogP contribution in [0.2, 0.25) is 0 Å². The summed E-state index contributed by atoms with van der Waals surface area (Å²) >= 11 is 4.02. The molecular weight excluding hydrogens is 538 g/mol. The van der Waals surface area contributed by atoms with E-state index < -0.39 is 28.5 Å². The van der Waals surface area contributed by atoms with Gasteiger partial charge < -0.3 is 9.73 Å². The minimum atomic E-state index is -0.592. The number of aryl methyl sites for hydroxylation is 2. The first-order valence-electron chi connectivity index (χ1n) is 10.3. The summed E-state index contributed by atoms with van der Waals surface area (Å²) in [5.74, 6) is -0.336. The lowest BCUT2D eigenvalue weighted by molar-refractivity contribution is -0.384. The number of halogens is 1. The Morgan fingerprint density at radius 2 is 1.94 bits per heavy atom.